The van der Waals surface area contributed by atoms with Crippen LogP contribution in [0.25, 0.3) is 11.6 Å². The SMILES string of the molecule is Cc1cc(C(=O)Nc2nnc(-c3ccnn3C)o2)on1. The van der Waals surface area contributed by atoms with Crippen LogP contribution in [0.15, 0.2) is 27.3 Å². The highest BCUT2D eigenvalue weighted by atomic mass is 16.5. The number of nitrogens with one attached hydrogen (secondary N) is 1. The molecule has 0 fully saturated rings. The molecule has 1 amide bonds. The maximum absolute atomic E-state index is 11.8. The standard InChI is InChI=1S/C11H10N6O3/c1-6-5-8(20-16-6)9(18)13-11-15-14-10(19-11)7-3-4-12-17(7)2/h3-5H,1-2H3,(H,13,15,18). The number of aryl methyl sites for hydroxylation is 2. The smallest absolute Gasteiger partial charge is 0.322 e. The Balaban J connectivity index is 1.78. The minimum Gasteiger partial charge on any atom is -0.401 e. The van der Waals surface area contributed by atoms with E-state index in [0.717, 1.165) is 0 Å². The van der Waals surface area contributed by atoms with E-state index in [9.17, 15) is 4.79 Å². The number of carbonyl (C=O) groups is 1. The molecule has 1 N–H and O–H groups in total. The molecule has 0 saturated heterocycles. The number of amides is 1. The second-order valence-corrected chi connectivity index (χ2v) is 4.04. The van der Waals surface area contributed by atoms with Crippen molar-refractivity contribution in [1.82, 2.24) is 25.1 Å². The van der Waals surface area contributed by atoms with Crippen molar-refractivity contribution in [2.45, 2.75) is 6.92 Å². The van der Waals surface area contributed by atoms with Crippen molar-refractivity contribution in [3.05, 3.63) is 29.8 Å². The highest BCUT2D eigenvalue weighted by molar-refractivity contribution is 6.00. The van der Waals surface area contributed by atoms with Crippen LogP contribution in [0.2, 0.25) is 0 Å². The van der Waals surface area contributed by atoms with E-state index in [-0.39, 0.29) is 17.7 Å². The Hall–Kier alpha value is -2.97. The Bertz CT molecular complexity index is 756. The largest absolute Gasteiger partial charge is 0.401 e. The summed E-state index contributed by atoms with van der Waals surface area (Å²) in [6, 6.07) is 3.20. The molecule has 0 radical (unpaired) electrons. The van der Waals surface area contributed by atoms with Crippen LogP contribution in [0.4, 0.5) is 6.01 Å². The predicted molar refractivity (Wildman–Crippen MR) is 65.7 cm³/mol. The normalized spacial score (nSPS) is 10.7. The van der Waals surface area contributed by atoms with E-state index in [0.29, 0.717) is 11.4 Å². The van der Waals surface area contributed by atoms with Crippen molar-refractivity contribution in [2.75, 3.05) is 5.32 Å². The van der Waals surface area contributed by atoms with Gasteiger partial charge in [-0.2, -0.15) is 5.10 Å². The molecule has 0 saturated carbocycles. The molecule has 0 atom stereocenters. The second-order valence-electron chi connectivity index (χ2n) is 4.04. The lowest BCUT2D eigenvalue weighted by molar-refractivity contribution is 0.0985. The second kappa shape index (κ2) is 4.61. The van der Waals surface area contributed by atoms with E-state index >= 15 is 0 Å². The van der Waals surface area contributed by atoms with E-state index in [1.165, 1.54) is 6.07 Å². The molecule has 0 spiro atoms. The van der Waals surface area contributed by atoms with Gasteiger partial charge in [-0.3, -0.25) is 14.8 Å². The first kappa shape index (κ1) is 12.1. The maximum atomic E-state index is 11.8. The average molecular weight is 274 g/mol. The summed E-state index contributed by atoms with van der Waals surface area (Å²) >= 11 is 0. The third-order valence-electron chi connectivity index (χ3n) is 2.54. The first-order valence-electron chi connectivity index (χ1n) is 5.70. The van der Waals surface area contributed by atoms with Gasteiger partial charge in [0.2, 0.25) is 5.76 Å². The molecule has 3 aromatic rings. The Labute approximate surface area is 112 Å². The van der Waals surface area contributed by atoms with Crippen LogP contribution < -0.4 is 5.32 Å². The zero-order valence-corrected chi connectivity index (χ0v) is 10.7. The summed E-state index contributed by atoms with van der Waals surface area (Å²) in [7, 11) is 1.75. The summed E-state index contributed by atoms with van der Waals surface area (Å²) in [5.74, 6) is -0.178. The summed E-state index contributed by atoms with van der Waals surface area (Å²) < 4.78 is 11.7. The molecule has 0 aliphatic carbocycles. The van der Waals surface area contributed by atoms with E-state index in [1.54, 1.807) is 30.9 Å². The molecule has 20 heavy (non-hydrogen) atoms. The van der Waals surface area contributed by atoms with Crippen LogP contribution >= 0.6 is 0 Å². The molecule has 3 rings (SSSR count). The minimum atomic E-state index is -0.509. The van der Waals surface area contributed by atoms with Gasteiger partial charge in [-0.05, 0) is 13.0 Å². The molecule has 102 valence electrons. The number of nitrogens with zero attached hydrogens (tertiary/aromatic N) is 5. The lowest BCUT2D eigenvalue weighted by Crippen LogP contribution is -2.11. The van der Waals surface area contributed by atoms with E-state index in [1.807, 2.05) is 0 Å². The number of hydrogen-bond acceptors (Lipinski definition) is 7. The van der Waals surface area contributed by atoms with E-state index in [4.69, 9.17) is 8.94 Å². The third kappa shape index (κ3) is 2.16. The Morgan fingerprint density at radius 3 is 2.90 bits per heavy atom. The topological polar surface area (TPSA) is 112 Å². The number of rotatable bonds is 3. The van der Waals surface area contributed by atoms with Crippen molar-refractivity contribution >= 4 is 11.9 Å². The number of anilines is 1. The highest BCUT2D eigenvalue weighted by Crippen LogP contribution is 2.18. The van der Waals surface area contributed by atoms with Gasteiger partial charge in [0.1, 0.15) is 5.69 Å². The fourth-order valence-corrected chi connectivity index (χ4v) is 1.59. The van der Waals surface area contributed by atoms with Crippen molar-refractivity contribution in [3.63, 3.8) is 0 Å². The quantitative estimate of drug-likeness (QED) is 0.758. The molecule has 0 aliphatic rings. The monoisotopic (exact) mass is 274 g/mol. The van der Waals surface area contributed by atoms with Crippen LogP contribution in [-0.2, 0) is 7.05 Å². The van der Waals surface area contributed by atoms with Crippen molar-refractivity contribution in [2.24, 2.45) is 7.05 Å². The Morgan fingerprint density at radius 1 is 1.40 bits per heavy atom. The zero-order valence-electron chi connectivity index (χ0n) is 10.7. The van der Waals surface area contributed by atoms with Gasteiger partial charge in [0.05, 0.1) is 5.69 Å². The average Bonchev–Trinajstić information content (AvgIpc) is 3.10. The molecule has 9 nitrogen and oxygen atoms in total. The lowest BCUT2D eigenvalue weighted by atomic mass is 10.4. The zero-order chi connectivity index (χ0) is 14.1. The first-order chi connectivity index (χ1) is 9.63. The molecule has 0 bridgehead atoms. The van der Waals surface area contributed by atoms with Gasteiger partial charge in [-0.1, -0.05) is 10.3 Å². The van der Waals surface area contributed by atoms with E-state index < -0.39 is 5.91 Å². The summed E-state index contributed by atoms with van der Waals surface area (Å²) in [6.45, 7) is 1.72. The summed E-state index contributed by atoms with van der Waals surface area (Å²) in [4.78, 5) is 11.8. The Morgan fingerprint density at radius 2 is 2.25 bits per heavy atom. The highest BCUT2D eigenvalue weighted by Gasteiger charge is 2.17. The molecule has 3 aromatic heterocycles. The van der Waals surface area contributed by atoms with Gasteiger partial charge in [0.25, 0.3) is 11.8 Å². The molecule has 0 aromatic carbocycles. The van der Waals surface area contributed by atoms with Crippen LogP contribution in [-0.4, -0.2) is 31.0 Å². The third-order valence-corrected chi connectivity index (χ3v) is 2.54. The maximum Gasteiger partial charge on any atom is 0.322 e. The van der Waals surface area contributed by atoms with Gasteiger partial charge in [-0.15, -0.1) is 5.10 Å². The fraction of sp³-hybridized carbons (Fsp3) is 0.182. The van der Waals surface area contributed by atoms with Gasteiger partial charge < -0.3 is 8.94 Å². The van der Waals surface area contributed by atoms with E-state index in [2.05, 4.69) is 25.8 Å². The minimum absolute atomic E-state index is 0.0275. The van der Waals surface area contributed by atoms with Gasteiger partial charge >= 0.3 is 6.01 Å². The van der Waals surface area contributed by atoms with Crippen LogP contribution in [0, 0.1) is 6.92 Å². The number of hydrogen-bond donors (Lipinski definition) is 1. The fourth-order valence-electron chi connectivity index (χ4n) is 1.59. The molecule has 0 aliphatic heterocycles. The number of aromatic nitrogens is 5. The summed E-state index contributed by atoms with van der Waals surface area (Å²) in [5, 5.41) is 17.6. The molecule has 9 heteroatoms. The summed E-state index contributed by atoms with van der Waals surface area (Å²) in [6.07, 6.45) is 1.61. The van der Waals surface area contributed by atoms with Crippen molar-refractivity contribution < 1.29 is 13.7 Å². The molecule has 0 unspecified atom stereocenters. The lowest BCUT2D eigenvalue weighted by Gasteiger charge is -1.95. The van der Waals surface area contributed by atoms with Gasteiger partial charge in [0.15, 0.2) is 0 Å². The predicted octanol–water partition coefficient (Wildman–Crippen LogP) is 1.02. The summed E-state index contributed by atoms with van der Waals surface area (Å²) in [5.41, 5.74) is 1.25. The van der Waals surface area contributed by atoms with Crippen molar-refractivity contribution in [3.8, 4) is 11.6 Å². The number of carbonyl (C=O) groups excluding carboxylic acids is 1. The molecular weight excluding hydrogens is 264 g/mol. The van der Waals surface area contributed by atoms with Gasteiger partial charge in [-0.25, -0.2) is 0 Å². The molecule has 3 heterocycles. The Kier molecular flexibility index (Phi) is 2.78. The molecular formula is C11H10N6O3. The first-order valence-corrected chi connectivity index (χ1v) is 5.70. The van der Waals surface area contributed by atoms with Gasteiger partial charge in [0, 0.05) is 19.3 Å². The van der Waals surface area contributed by atoms with Crippen LogP contribution in [0.3, 0.4) is 0 Å². The van der Waals surface area contributed by atoms with Crippen LogP contribution in [0.1, 0.15) is 16.2 Å². The van der Waals surface area contributed by atoms with Crippen LogP contribution in [0.5, 0.6) is 0 Å². The van der Waals surface area contributed by atoms with Crippen molar-refractivity contribution in [1.29, 1.82) is 0 Å².